The summed E-state index contributed by atoms with van der Waals surface area (Å²) in [5, 5.41) is 1.29. The molecule has 0 saturated heterocycles. The molecule has 6 aromatic rings. The summed E-state index contributed by atoms with van der Waals surface area (Å²) >= 11 is 0. The number of aryl methyl sites for hydroxylation is 1. The van der Waals surface area contributed by atoms with Crippen molar-refractivity contribution < 1.29 is 92.4 Å². The zero-order valence-electron chi connectivity index (χ0n) is 26.6. The summed E-state index contributed by atoms with van der Waals surface area (Å²) in [7, 11) is 2.06. The van der Waals surface area contributed by atoms with Crippen LogP contribution in [-0.4, -0.2) is 6.15 Å². The smallest absolute Gasteiger partial charge is 0.207 e. The highest BCUT2D eigenvalue weighted by Gasteiger charge is 2.52. The first-order valence-corrected chi connectivity index (χ1v) is 14.6. The van der Waals surface area contributed by atoms with Crippen molar-refractivity contribution in [2.75, 3.05) is 0 Å². The largest absolute Gasteiger partial charge is 0.212 e. The Morgan fingerprint density at radius 3 is 0.768 bits per heavy atom. The number of para-hydroxylation sites is 1. The highest BCUT2D eigenvalue weighted by Crippen LogP contribution is 2.30. The minimum Gasteiger partial charge on any atom is -0.207 e. The summed E-state index contributed by atoms with van der Waals surface area (Å²) in [6.45, 7) is 0. The molecule has 0 saturated carbocycles. The van der Waals surface area contributed by atoms with Crippen molar-refractivity contribution in [2.45, 2.75) is 0 Å². The van der Waals surface area contributed by atoms with E-state index in [0.29, 0.717) is 0 Å². The fraction of sp³-hybridized carbons (Fsp3) is 0.0294. The topological polar surface area (TPSA) is 3.88 Å². The number of halogens is 20. The maximum atomic E-state index is 15.4. The minimum atomic E-state index is -7.22. The molecule has 0 aliphatic carbocycles. The molecule has 22 heteroatoms. The zero-order chi connectivity index (χ0) is 42.0. The molecule has 0 fully saturated rings. The number of aromatic nitrogens is 1. The minimum absolute atomic E-state index is 1.27. The number of hydrogen-bond donors (Lipinski definition) is 0. The SMILES string of the molecule is C[n+]1cccc2ccccc21.Fc1c(F)c(F)c([B-](c2c(F)c(F)c(F)c(F)c2F)(c2c(F)c(F)c(F)c(F)c2F)c2c(F)c(F)c(F)c(F)c2F)c(F)c1F. The molecule has 1 aromatic heterocycles. The molecule has 0 radical (unpaired) electrons. The van der Waals surface area contributed by atoms with Gasteiger partial charge in [0.05, 0.1) is 0 Å². The number of rotatable bonds is 4. The van der Waals surface area contributed by atoms with Crippen molar-refractivity contribution in [3.63, 3.8) is 0 Å². The second kappa shape index (κ2) is 14.7. The van der Waals surface area contributed by atoms with Crippen LogP contribution in [0, 0.1) is 116 Å². The van der Waals surface area contributed by atoms with Crippen LogP contribution in [0.1, 0.15) is 0 Å². The molecule has 0 aliphatic heterocycles. The van der Waals surface area contributed by atoms with Gasteiger partial charge in [-0.2, -0.15) is 0 Å². The average molecular weight is 823 g/mol. The van der Waals surface area contributed by atoms with Crippen molar-refractivity contribution in [3.05, 3.63) is 159 Å². The molecule has 1 nitrogen and oxygen atoms in total. The molecule has 0 bridgehead atoms. The highest BCUT2D eigenvalue weighted by atomic mass is 19.2. The van der Waals surface area contributed by atoms with E-state index in [1.165, 1.54) is 10.9 Å². The van der Waals surface area contributed by atoms with Crippen LogP contribution >= 0.6 is 0 Å². The van der Waals surface area contributed by atoms with Crippen LogP contribution in [0.3, 0.4) is 0 Å². The fourth-order valence-corrected chi connectivity index (χ4v) is 6.18. The highest BCUT2D eigenvalue weighted by molar-refractivity contribution is 7.20. The van der Waals surface area contributed by atoms with Gasteiger partial charge in [-0.05, 0) is 12.1 Å². The Kier molecular flexibility index (Phi) is 10.8. The van der Waals surface area contributed by atoms with Gasteiger partial charge in [0.25, 0.3) is 0 Å². The first-order valence-electron chi connectivity index (χ1n) is 14.6. The lowest BCUT2D eigenvalue weighted by Gasteiger charge is -2.44. The molecular weight excluding hydrogens is 813 g/mol. The summed E-state index contributed by atoms with van der Waals surface area (Å²) in [6.07, 6.45) is -5.16. The monoisotopic (exact) mass is 823 g/mol. The molecule has 5 aromatic carbocycles. The molecule has 0 amide bonds. The average Bonchev–Trinajstić information content (AvgIpc) is 3.18. The van der Waals surface area contributed by atoms with Gasteiger partial charge in [0, 0.05) is 17.5 Å². The summed E-state index contributed by atoms with van der Waals surface area (Å²) in [4.78, 5) is 0. The zero-order valence-corrected chi connectivity index (χ0v) is 26.6. The van der Waals surface area contributed by atoms with Crippen LogP contribution in [0.4, 0.5) is 87.8 Å². The maximum Gasteiger partial charge on any atom is 0.212 e. The van der Waals surface area contributed by atoms with Gasteiger partial charge in [-0.1, -0.05) is 12.1 Å². The second-order valence-electron chi connectivity index (χ2n) is 11.5. The molecular formula is C34H10BF20N. The van der Waals surface area contributed by atoms with Gasteiger partial charge in [0.2, 0.25) is 5.52 Å². The van der Waals surface area contributed by atoms with Crippen LogP contribution in [0.25, 0.3) is 10.9 Å². The lowest BCUT2D eigenvalue weighted by Crippen LogP contribution is -2.81. The lowest BCUT2D eigenvalue weighted by atomic mass is 9.12. The third-order valence-electron chi connectivity index (χ3n) is 8.61. The fourth-order valence-electron chi connectivity index (χ4n) is 6.18. The number of nitrogens with zero attached hydrogens (tertiary/aromatic N) is 1. The molecule has 0 N–H and O–H groups in total. The number of benzene rings is 5. The first kappa shape index (κ1) is 41.3. The van der Waals surface area contributed by atoms with E-state index in [-0.39, 0.29) is 0 Å². The molecule has 1 heterocycles. The number of hydrogen-bond acceptors (Lipinski definition) is 0. The summed E-state index contributed by atoms with van der Waals surface area (Å²) < 4.78 is 296. The Bertz CT molecular complexity index is 2220. The summed E-state index contributed by atoms with van der Waals surface area (Å²) in [6, 6.07) is 12.5. The van der Waals surface area contributed by atoms with Crippen LogP contribution in [0.5, 0.6) is 0 Å². The van der Waals surface area contributed by atoms with Gasteiger partial charge >= 0.3 is 0 Å². The van der Waals surface area contributed by atoms with Gasteiger partial charge < -0.3 is 0 Å². The van der Waals surface area contributed by atoms with Gasteiger partial charge in [-0.25, -0.2) is 92.4 Å². The van der Waals surface area contributed by atoms with Crippen LogP contribution < -0.4 is 26.4 Å². The van der Waals surface area contributed by atoms with Gasteiger partial charge in [0.1, 0.15) is 59.7 Å². The normalized spacial score (nSPS) is 11.7. The van der Waals surface area contributed by atoms with E-state index in [4.69, 9.17) is 0 Å². The third kappa shape index (κ3) is 5.87. The molecule has 6 rings (SSSR count). The van der Waals surface area contributed by atoms with Crippen molar-refractivity contribution >= 4 is 38.9 Å². The Balaban J connectivity index is 0.000000463. The Labute approximate surface area is 297 Å². The Morgan fingerprint density at radius 1 is 0.304 bits per heavy atom. The molecule has 0 aliphatic rings. The van der Waals surface area contributed by atoms with Crippen molar-refractivity contribution in [1.29, 1.82) is 0 Å². The standard InChI is InChI=1S/C24BF20.C10H10N/c26-5-1(6(27)14(35)21(42)13(5)34)25(2-7(28)15(36)22(43)16(37)8(2)29,3-9(30)17(38)23(44)18(39)10(3)31)4-11(32)19(40)24(45)20(41)12(4)33;1-11-8-4-6-9-5-2-3-7-10(9)11/h;2-8H,1H3/q-1;+1. The van der Waals surface area contributed by atoms with Crippen molar-refractivity contribution in [1.82, 2.24) is 0 Å². The van der Waals surface area contributed by atoms with E-state index in [0.717, 1.165) is 0 Å². The number of pyridine rings is 1. The predicted octanol–water partition coefficient (Wildman–Crippen LogP) is 7.51. The molecule has 0 atom stereocenters. The first-order chi connectivity index (χ1) is 26.1. The van der Waals surface area contributed by atoms with Gasteiger partial charge in [-0.3, -0.25) is 0 Å². The van der Waals surface area contributed by atoms with Crippen LogP contribution in [0.15, 0.2) is 42.6 Å². The lowest BCUT2D eigenvalue weighted by molar-refractivity contribution is -0.644. The van der Waals surface area contributed by atoms with Gasteiger partial charge in [-0.15, -0.1) is 21.9 Å². The Hall–Kier alpha value is -5.83. The number of fused-ring (bicyclic) bond motifs is 1. The van der Waals surface area contributed by atoms with Gasteiger partial charge in [0.15, 0.2) is 76.0 Å². The Morgan fingerprint density at radius 2 is 0.518 bits per heavy atom. The second-order valence-corrected chi connectivity index (χ2v) is 11.5. The van der Waals surface area contributed by atoms with Crippen molar-refractivity contribution in [3.8, 4) is 0 Å². The molecule has 0 spiro atoms. The van der Waals surface area contributed by atoms with Crippen LogP contribution in [0.2, 0.25) is 0 Å². The van der Waals surface area contributed by atoms with E-state index in [1.54, 1.807) is 0 Å². The maximum absolute atomic E-state index is 15.4. The van der Waals surface area contributed by atoms with E-state index >= 15 is 35.1 Å². The predicted molar refractivity (Wildman–Crippen MR) is 154 cm³/mol. The van der Waals surface area contributed by atoms with E-state index in [1.807, 2.05) is 0 Å². The quantitative estimate of drug-likeness (QED) is 0.0571. The molecule has 56 heavy (non-hydrogen) atoms. The molecule has 294 valence electrons. The van der Waals surface area contributed by atoms with E-state index in [2.05, 4.69) is 54.2 Å². The summed E-state index contributed by atoms with van der Waals surface area (Å²) in [5.41, 5.74) is -13.1. The summed E-state index contributed by atoms with van der Waals surface area (Å²) in [5.74, 6) is -71.4. The van der Waals surface area contributed by atoms with E-state index in [9.17, 15) is 52.7 Å². The third-order valence-corrected chi connectivity index (χ3v) is 8.61. The van der Waals surface area contributed by atoms with Crippen LogP contribution in [-0.2, 0) is 7.05 Å². The van der Waals surface area contributed by atoms with Crippen molar-refractivity contribution in [2.24, 2.45) is 7.05 Å². The van der Waals surface area contributed by atoms with E-state index < -0.39 is 144 Å². The molecule has 0 unspecified atom stereocenters.